The van der Waals surface area contributed by atoms with Crippen molar-refractivity contribution < 1.29 is 22.7 Å². The Morgan fingerprint density at radius 2 is 2.03 bits per heavy atom. The molecule has 1 aliphatic rings. The summed E-state index contributed by atoms with van der Waals surface area (Å²) in [6.07, 6.45) is -3.70. The molecule has 1 fully saturated rings. The number of ether oxygens (including phenoxy) is 1. The average Bonchev–Trinajstić information content (AvgIpc) is 3.48. The first-order chi connectivity index (χ1) is 18.6. The van der Waals surface area contributed by atoms with E-state index in [1.165, 1.54) is 18.6 Å². The number of hydrogen-bond donors (Lipinski definition) is 2. The Bertz CT molecular complexity index is 1560. The van der Waals surface area contributed by atoms with Crippen LogP contribution < -0.4 is 5.32 Å². The van der Waals surface area contributed by atoms with Gasteiger partial charge in [-0.05, 0) is 49.1 Å². The smallest absolute Gasteiger partial charge is 0.393 e. The highest BCUT2D eigenvalue weighted by atomic mass is 32.1. The number of rotatable bonds is 7. The first kappa shape index (κ1) is 26.9. The number of aryl methyl sites for hydroxylation is 1. The zero-order valence-electron chi connectivity index (χ0n) is 21.5. The highest BCUT2D eigenvalue weighted by Gasteiger charge is 2.29. The lowest BCUT2D eigenvalue weighted by atomic mass is 10.0. The number of carbonyl (C=O) groups is 1. The number of benzene rings is 1. The summed E-state index contributed by atoms with van der Waals surface area (Å²) in [4.78, 5) is 26.2. The van der Waals surface area contributed by atoms with Gasteiger partial charge in [-0.1, -0.05) is 6.07 Å². The van der Waals surface area contributed by atoms with E-state index in [9.17, 15) is 23.2 Å². The number of aromatic nitrogens is 3. The van der Waals surface area contributed by atoms with E-state index in [0.717, 1.165) is 60.3 Å². The molecule has 0 spiro atoms. The number of thiophene rings is 1. The van der Waals surface area contributed by atoms with Gasteiger partial charge in [0.15, 0.2) is 12.4 Å². The van der Waals surface area contributed by atoms with Gasteiger partial charge in [0.05, 0.1) is 11.8 Å². The summed E-state index contributed by atoms with van der Waals surface area (Å²) < 4.78 is 44.1. The molecule has 0 unspecified atom stereocenters. The van der Waals surface area contributed by atoms with E-state index in [4.69, 9.17) is 4.74 Å². The van der Waals surface area contributed by atoms with Crippen molar-refractivity contribution in [1.82, 2.24) is 19.9 Å². The van der Waals surface area contributed by atoms with Gasteiger partial charge in [0.25, 0.3) is 0 Å². The monoisotopic (exact) mass is 556 g/mol. The molecule has 1 saturated heterocycles. The van der Waals surface area contributed by atoms with Gasteiger partial charge in [0.1, 0.15) is 22.4 Å². The first-order valence-corrected chi connectivity index (χ1v) is 13.4. The Morgan fingerprint density at radius 1 is 1.26 bits per heavy atom. The van der Waals surface area contributed by atoms with Crippen LogP contribution in [0.5, 0.6) is 0 Å². The Labute approximate surface area is 226 Å². The van der Waals surface area contributed by atoms with Gasteiger partial charge in [-0.15, -0.1) is 11.3 Å². The van der Waals surface area contributed by atoms with Gasteiger partial charge in [-0.2, -0.15) is 18.4 Å². The maximum atomic E-state index is 13.0. The van der Waals surface area contributed by atoms with Crippen LogP contribution >= 0.6 is 11.3 Å². The lowest BCUT2D eigenvalue weighted by molar-refractivity contribution is -0.142. The molecule has 0 atom stereocenters. The fraction of sp³-hybridized carbons (Fsp3) is 0.407. The zero-order valence-corrected chi connectivity index (χ0v) is 22.3. The van der Waals surface area contributed by atoms with Crippen LogP contribution in [0.3, 0.4) is 0 Å². The lowest BCUT2D eigenvalue weighted by Crippen LogP contribution is -2.39. The molecule has 2 N–H and O–H groups in total. The van der Waals surface area contributed by atoms with Crippen molar-refractivity contribution >= 4 is 44.2 Å². The second-order valence-corrected chi connectivity index (χ2v) is 10.9. The second-order valence-electron chi connectivity index (χ2n) is 9.79. The number of piperidine rings is 1. The topological polar surface area (TPSA) is 107 Å². The molecule has 0 aliphatic carbocycles. The Kier molecular flexibility index (Phi) is 7.46. The molecule has 1 aromatic carbocycles. The molecule has 204 valence electrons. The van der Waals surface area contributed by atoms with Crippen LogP contribution in [0, 0.1) is 18.3 Å². The molecule has 0 saturated carbocycles. The molecule has 0 bridgehead atoms. The van der Waals surface area contributed by atoms with Crippen LogP contribution in [0.25, 0.3) is 21.1 Å². The number of carbonyl (C=O) groups excluding carboxylic acids is 1. The highest BCUT2D eigenvalue weighted by Crippen LogP contribution is 2.34. The minimum Gasteiger partial charge on any atom is -0.458 e. The van der Waals surface area contributed by atoms with Gasteiger partial charge < -0.3 is 15.0 Å². The molecule has 4 heterocycles. The number of hydrogen-bond acceptors (Lipinski definition) is 8. The minimum atomic E-state index is -4.32. The van der Waals surface area contributed by atoms with Gasteiger partial charge in [0.2, 0.25) is 0 Å². The Balaban J connectivity index is 1.29. The number of fused-ring (bicyclic) bond motifs is 2. The summed E-state index contributed by atoms with van der Waals surface area (Å²) in [5.74, 6) is 0.224. The van der Waals surface area contributed by atoms with Gasteiger partial charge in [-0.25, -0.2) is 9.97 Å². The number of nitriles is 1. The molecular formula is C27H27F3N6O2S. The Morgan fingerprint density at radius 3 is 2.72 bits per heavy atom. The minimum absolute atomic E-state index is 0.0818. The van der Waals surface area contributed by atoms with Gasteiger partial charge >= 0.3 is 12.1 Å². The number of alkyl halides is 3. The van der Waals surface area contributed by atoms with Crippen molar-refractivity contribution in [3.05, 3.63) is 51.8 Å². The standard InChI is InChI=1S/C27H27F3N6O2S/c1-15-17(3-4-23-21(15)9-19(12-31)32-23)13-36-7-5-18(6-8-36)33-25-22-10-20(11-27(28,29)30)39-26(22)35-24(34-25)14-38-16(2)37/h3-4,9-10,18,32H,5-8,11,13-14H2,1-2H3,(H,33,34,35). The molecule has 1 aliphatic heterocycles. The van der Waals surface area contributed by atoms with E-state index >= 15 is 0 Å². The summed E-state index contributed by atoms with van der Waals surface area (Å²) in [5, 5.41) is 14.2. The third kappa shape index (κ3) is 6.32. The van der Waals surface area contributed by atoms with Crippen LogP contribution in [0.2, 0.25) is 0 Å². The predicted octanol–water partition coefficient (Wildman–Crippen LogP) is 5.60. The van der Waals surface area contributed by atoms with Crippen LogP contribution in [0.1, 0.15) is 47.3 Å². The number of nitrogens with one attached hydrogen (secondary N) is 2. The van der Waals surface area contributed by atoms with Crippen molar-refractivity contribution in [2.45, 2.75) is 58.5 Å². The van der Waals surface area contributed by atoms with Crippen molar-refractivity contribution in [3.8, 4) is 6.07 Å². The summed E-state index contributed by atoms with van der Waals surface area (Å²) >= 11 is 0.975. The molecule has 0 amide bonds. The summed E-state index contributed by atoms with van der Waals surface area (Å²) in [6, 6.07) is 9.72. The van der Waals surface area contributed by atoms with E-state index in [1.54, 1.807) is 0 Å². The normalized spacial score (nSPS) is 15.1. The van der Waals surface area contributed by atoms with E-state index < -0.39 is 18.6 Å². The third-order valence-corrected chi connectivity index (χ3v) is 7.93. The lowest BCUT2D eigenvalue weighted by Gasteiger charge is -2.33. The Hall–Kier alpha value is -3.69. The summed E-state index contributed by atoms with van der Waals surface area (Å²) in [6.45, 7) is 5.66. The zero-order chi connectivity index (χ0) is 27.7. The second kappa shape index (κ2) is 10.8. The molecule has 12 heteroatoms. The summed E-state index contributed by atoms with van der Waals surface area (Å²) in [5.41, 5.74) is 3.86. The molecule has 39 heavy (non-hydrogen) atoms. The van der Waals surface area contributed by atoms with Crippen molar-refractivity contribution in [3.63, 3.8) is 0 Å². The predicted molar refractivity (Wildman–Crippen MR) is 142 cm³/mol. The fourth-order valence-electron chi connectivity index (χ4n) is 4.94. The molecule has 8 nitrogen and oxygen atoms in total. The van der Waals surface area contributed by atoms with E-state index in [-0.39, 0.29) is 23.4 Å². The van der Waals surface area contributed by atoms with Crippen molar-refractivity contribution in [2.75, 3.05) is 18.4 Å². The molecule has 5 rings (SSSR count). The molecular weight excluding hydrogens is 529 g/mol. The number of halogens is 3. The summed E-state index contributed by atoms with van der Waals surface area (Å²) in [7, 11) is 0. The van der Waals surface area contributed by atoms with Crippen molar-refractivity contribution in [2.24, 2.45) is 0 Å². The average molecular weight is 557 g/mol. The number of likely N-dealkylation sites (tertiary alicyclic amines) is 1. The van der Waals surface area contributed by atoms with E-state index in [1.807, 2.05) is 12.1 Å². The quantitative estimate of drug-likeness (QED) is 0.286. The van der Waals surface area contributed by atoms with Gasteiger partial charge in [0, 0.05) is 48.4 Å². The van der Waals surface area contributed by atoms with Gasteiger partial charge in [-0.3, -0.25) is 9.69 Å². The maximum absolute atomic E-state index is 13.0. The third-order valence-electron chi connectivity index (χ3n) is 6.90. The highest BCUT2D eigenvalue weighted by molar-refractivity contribution is 7.18. The fourth-order valence-corrected chi connectivity index (χ4v) is 6.01. The molecule has 4 aromatic rings. The van der Waals surface area contributed by atoms with Crippen LogP contribution in [-0.2, 0) is 29.1 Å². The van der Waals surface area contributed by atoms with Crippen LogP contribution in [0.15, 0.2) is 24.3 Å². The van der Waals surface area contributed by atoms with Crippen LogP contribution in [0.4, 0.5) is 19.0 Å². The number of nitrogens with zero attached hydrogens (tertiary/aromatic N) is 4. The van der Waals surface area contributed by atoms with Crippen molar-refractivity contribution in [1.29, 1.82) is 5.26 Å². The number of esters is 1. The molecule has 3 aromatic heterocycles. The maximum Gasteiger partial charge on any atom is 0.393 e. The van der Waals surface area contributed by atoms with Crippen LogP contribution in [-0.4, -0.2) is 51.1 Å². The van der Waals surface area contributed by atoms with E-state index in [2.05, 4.69) is 44.2 Å². The number of aromatic amines is 1. The number of anilines is 1. The SMILES string of the molecule is CC(=O)OCc1nc(NC2CCN(Cc3ccc4[nH]c(C#N)cc4c3C)CC2)c2cc(CC(F)(F)F)sc2n1. The largest absolute Gasteiger partial charge is 0.458 e. The molecule has 0 radical (unpaired) electrons. The van der Waals surface area contributed by atoms with E-state index in [0.29, 0.717) is 21.7 Å². The first-order valence-electron chi connectivity index (χ1n) is 12.6. The number of H-pyrrole nitrogens is 1.